The Labute approximate surface area is 155 Å². The van der Waals surface area contributed by atoms with Crippen LogP contribution in [0.25, 0.3) is 0 Å². The maximum absolute atomic E-state index is 11.7. The van der Waals surface area contributed by atoms with E-state index in [1.165, 1.54) is 11.1 Å². The lowest BCUT2D eigenvalue weighted by molar-refractivity contribution is -0.137. The molecule has 0 amide bonds. The van der Waals surface area contributed by atoms with Crippen LogP contribution in [0.5, 0.6) is 5.75 Å². The maximum Gasteiger partial charge on any atom is 0.330 e. The van der Waals surface area contributed by atoms with Crippen LogP contribution in [-0.2, 0) is 16.1 Å². The van der Waals surface area contributed by atoms with Crippen molar-refractivity contribution < 1.29 is 14.3 Å². The van der Waals surface area contributed by atoms with Crippen molar-refractivity contribution in [2.75, 3.05) is 6.61 Å². The van der Waals surface area contributed by atoms with Gasteiger partial charge in [-0.25, -0.2) is 4.79 Å². The van der Waals surface area contributed by atoms with Crippen molar-refractivity contribution in [2.45, 2.75) is 45.1 Å². The van der Waals surface area contributed by atoms with Crippen molar-refractivity contribution in [3.8, 4) is 5.75 Å². The number of hydrogen-bond acceptors (Lipinski definition) is 3. The van der Waals surface area contributed by atoms with E-state index >= 15 is 0 Å². The summed E-state index contributed by atoms with van der Waals surface area (Å²) >= 11 is 0. The minimum Gasteiger partial charge on any atom is -0.489 e. The number of esters is 1. The summed E-state index contributed by atoms with van der Waals surface area (Å²) in [7, 11) is 0. The van der Waals surface area contributed by atoms with Gasteiger partial charge in [-0.05, 0) is 61.8 Å². The van der Waals surface area contributed by atoms with Gasteiger partial charge in [0.1, 0.15) is 12.4 Å². The Morgan fingerprint density at radius 1 is 1.12 bits per heavy atom. The van der Waals surface area contributed by atoms with Gasteiger partial charge in [-0.2, -0.15) is 0 Å². The molecule has 0 saturated heterocycles. The number of carbonyl (C=O) groups excluding carboxylic acids is 1. The lowest BCUT2D eigenvalue weighted by Gasteiger charge is -2.24. The van der Waals surface area contributed by atoms with Gasteiger partial charge in [0.2, 0.25) is 0 Å². The van der Waals surface area contributed by atoms with Crippen LogP contribution in [0.2, 0.25) is 0 Å². The summed E-state index contributed by atoms with van der Waals surface area (Å²) in [6, 6.07) is 18.6. The van der Waals surface area contributed by atoms with Gasteiger partial charge in [0.25, 0.3) is 0 Å². The Hall–Kier alpha value is -2.55. The van der Waals surface area contributed by atoms with Crippen LogP contribution in [0.1, 0.15) is 49.7 Å². The summed E-state index contributed by atoms with van der Waals surface area (Å²) in [4.78, 5) is 11.7. The first-order chi connectivity index (χ1) is 12.7. The van der Waals surface area contributed by atoms with Crippen molar-refractivity contribution in [3.63, 3.8) is 0 Å². The van der Waals surface area contributed by atoms with Gasteiger partial charge in [0.05, 0.1) is 6.61 Å². The van der Waals surface area contributed by atoms with Gasteiger partial charge in [0.15, 0.2) is 0 Å². The summed E-state index contributed by atoms with van der Waals surface area (Å²) in [5.74, 6) is 1.14. The molecule has 0 heterocycles. The fourth-order valence-electron chi connectivity index (χ4n) is 3.44. The lowest BCUT2D eigenvalue weighted by Crippen LogP contribution is -2.09. The Bertz CT molecular complexity index is 732. The molecule has 0 spiro atoms. The molecule has 2 aromatic rings. The number of carbonyl (C=O) groups is 1. The maximum atomic E-state index is 11.7. The molecule has 3 heteroatoms. The van der Waals surface area contributed by atoms with Crippen molar-refractivity contribution in [2.24, 2.45) is 0 Å². The molecule has 0 bridgehead atoms. The van der Waals surface area contributed by atoms with Gasteiger partial charge >= 0.3 is 5.97 Å². The molecular formula is C23H26O3. The van der Waals surface area contributed by atoms with E-state index in [2.05, 4.69) is 24.3 Å². The zero-order chi connectivity index (χ0) is 18.2. The fourth-order valence-corrected chi connectivity index (χ4v) is 3.44. The molecule has 2 aromatic carbocycles. The zero-order valence-corrected chi connectivity index (χ0v) is 15.3. The molecule has 1 atom stereocenters. The van der Waals surface area contributed by atoms with E-state index in [0.29, 0.717) is 19.1 Å². The van der Waals surface area contributed by atoms with E-state index in [0.717, 1.165) is 37.0 Å². The molecule has 0 N–H and O–H groups in total. The number of hydrogen-bond donors (Lipinski definition) is 0. The monoisotopic (exact) mass is 350 g/mol. The van der Waals surface area contributed by atoms with E-state index in [4.69, 9.17) is 9.47 Å². The zero-order valence-electron chi connectivity index (χ0n) is 15.3. The third-order valence-electron chi connectivity index (χ3n) is 4.77. The second-order valence-electron chi connectivity index (χ2n) is 6.69. The van der Waals surface area contributed by atoms with Crippen LogP contribution in [0.15, 0.2) is 66.2 Å². The Kier molecular flexibility index (Phi) is 6.48. The number of rotatable bonds is 6. The van der Waals surface area contributed by atoms with E-state index in [1.54, 1.807) is 6.08 Å². The SMILES string of the molecule is CCOC(=O)C=C1CCCC(c2ccc(OCc3ccccc3)cc2)C1. The minimum atomic E-state index is -0.215. The molecule has 26 heavy (non-hydrogen) atoms. The van der Waals surface area contributed by atoms with Gasteiger partial charge < -0.3 is 9.47 Å². The largest absolute Gasteiger partial charge is 0.489 e. The highest BCUT2D eigenvalue weighted by molar-refractivity contribution is 5.82. The lowest BCUT2D eigenvalue weighted by atomic mass is 9.81. The van der Waals surface area contributed by atoms with Crippen LogP contribution >= 0.6 is 0 Å². The third kappa shape index (κ3) is 5.22. The predicted octanol–water partition coefficient (Wildman–Crippen LogP) is 5.41. The molecule has 0 aromatic heterocycles. The number of allylic oxidation sites excluding steroid dienone is 1. The molecule has 3 nitrogen and oxygen atoms in total. The highest BCUT2D eigenvalue weighted by Crippen LogP contribution is 2.36. The van der Waals surface area contributed by atoms with Gasteiger partial charge in [-0.1, -0.05) is 48.0 Å². The first kappa shape index (κ1) is 18.2. The summed E-state index contributed by atoms with van der Waals surface area (Å²) in [6.45, 7) is 2.84. The molecule has 0 radical (unpaired) electrons. The Morgan fingerprint density at radius 2 is 1.88 bits per heavy atom. The highest BCUT2D eigenvalue weighted by atomic mass is 16.5. The highest BCUT2D eigenvalue weighted by Gasteiger charge is 2.19. The summed E-state index contributed by atoms with van der Waals surface area (Å²) in [5.41, 5.74) is 3.67. The van der Waals surface area contributed by atoms with Crippen LogP contribution in [0, 0.1) is 0 Å². The molecule has 1 fully saturated rings. The normalized spacial score (nSPS) is 18.5. The summed E-state index contributed by atoms with van der Waals surface area (Å²) in [5, 5.41) is 0. The molecule has 1 aliphatic carbocycles. The first-order valence-electron chi connectivity index (χ1n) is 9.37. The molecular weight excluding hydrogens is 324 g/mol. The Balaban J connectivity index is 1.58. The minimum absolute atomic E-state index is 0.215. The Morgan fingerprint density at radius 3 is 2.62 bits per heavy atom. The fraction of sp³-hybridized carbons (Fsp3) is 0.348. The van der Waals surface area contributed by atoms with Crippen molar-refractivity contribution in [1.82, 2.24) is 0 Å². The van der Waals surface area contributed by atoms with E-state index < -0.39 is 0 Å². The average Bonchev–Trinajstić information content (AvgIpc) is 2.68. The van der Waals surface area contributed by atoms with Crippen LogP contribution in [0.3, 0.4) is 0 Å². The number of benzene rings is 2. The smallest absolute Gasteiger partial charge is 0.330 e. The second-order valence-corrected chi connectivity index (χ2v) is 6.69. The van der Waals surface area contributed by atoms with E-state index in [9.17, 15) is 4.79 Å². The predicted molar refractivity (Wildman–Crippen MR) is 103 cm³/mol. The molecule has 0 aliphatic heterocycles. The van der Waals surface area contributed by atoms with E-state index in [1.807, 2.05) is 37.3 Å². The molecule has 1 aliphatic rings. The molecule has 136 valence electrons. The van der Waals surface area contributed by atoms with Crippen LogP contribution in [-0.4, -0.2) is 12.6 Å². The van der Waals surface area contributed by atoms with Crippen LogP contribution in [0.4, 0.5) is 0 Å². The van der Waals surface area contributed by atoms with Crippen molar-refractivity contribution in [1.29, 1.82) is 0 Å². The number of ether oxygens (including phenoxy) is 2. The standard InChI is InChI=1S/C23H26O3/c1-2-25-23(24)16-19-9-6-10-21(15-19)20-11-13-22(14-12-20)26-17-18-7-4-3-5-8-18/h3-5,7-8,11-14,16,21H,2,6,9-10,15,17H2,1H3. The summed E-state index contributed by atoms with van der Waals surface area (Å²) in [6.07, 6.45) is 5.89. The van der Waals surface area contributed by atoms with Gasteiger partial charge in [-0.3, -0.25) is 0 Å². The van der Waals surface area contributed by atoms with Crippen molar-refractivity contribution in [3.05, 3.63) is 77.4 Å². The molecule has 1 unspecified atom stereocenters. The molecule has 1 saturated carbocycles. The van der Waals surface area contributed by atoms with E-state index in [-0.39, 0.29) is 5.97 Å². The second kappa shape index (κ2) is 9.23. The third-order valence-corrected chi connectivity index (χ3v) is 4.77. The first-order valence-corrected chi connectivity index (χ1v) is 9.37. The van der Waals surface area contributed by atoms with Gasteiger partial charge in [-0.15, -0.1) is 0 Å². The summed E-state index contributed by atoms with van der Waals surface area (Å²) < 4.78 is 10.9. The van der Waals surface area contributed by atoms with Crippen molar-refractivity contribution >= 4 is 5.97 Å². The van der Waals surface area contributed by atoms with Gasteiger partial charge in [0, 0.05) is 6.08 Å². The topological polar surface area (TPSA) is 35.5 Å². The quantitative estimate of drug-likeness (QED) is 0.516. The molecule has 3 rings (SSSR count). The van der Waals surface area contributed by atoms with Crippen LogP contribution < -0.4 is 4.74 Å². The average molecular weight is 350 g/mol.